The third-order valence-corrected chi connectivity index (χ3v) is 10.5. The second kappa shape index (κ2) is 36.0. The molecule has 0 spiro atoms. The van der Waals surface area contributed by atoms with Crippen molar-refractivity contribution in [3.05, 3.63) is 29.5 Å². The number of benzene rings is 1. The van der Waals surface area contributed by atoms with E-state index in [1.165, 1.54) is 95.6 Å². The predicted molar refractivity (Wildman–Crippen MR) is 252 cm³/mol. The quantitative estimate of drug-likeness (QED) is 0.0339. The van der Waals surface area contributed by atoms with Crippen LogP contribution < -0.4 is 31.7 Å². The van der Waals surface area contributed by atoms with Crippen molar-refractivity contribution in [2.75, 3.05) is 75.1 Å². The summed E-state index contributed by atoms with van der Waals surface area (Å²) in [5.41, 5.74) is 15.2. The number of likely N-dealkylation sites (N-methyl/N-ethyl adjacent to an activating group) is 1. The number of nitrogens with two attached hydrogens (primary N) is 2. The van der Waals surface area contributed by atoms with Crippen LogP contribution in [0.1, 0.15) is 174 Å². The highest BCUT2D eigenvalue weighted by Crippen LogP contribution is 2.27. The Labute approximate surface area is 359 Å². The second-order valence-corrected chi connectivity index (χ2v) is 15.5. The number of aldehydes is 1. The van der Waals surface area contributed by atoms with E-state index in [4.69, 9.17) is 16.2 Å². The van der Waals surface area contributed by atoms with Crippen molar-refractivity contribution in [1.29, 1.82) is 0 Å². The van der Waals surface area contributed by atoms with E-state index in [9.17, 15) is 9.59 Å². The number of nitrogens with zero attached hydrogens (tertiary/aromatic N) is 5. The number of amides is 1. The normalized spacial score (nSPS) is 12.7. The molecule has 0 radical (unpaired) electrons. The van der Waals surface area contributed by atoms with Gasteiger partial charge in [-0.2, -0.15) is 4.98 Å². The van der Waals surface area contributed by atoms with Gasteiger partial charge in [-0.1, -0.05) is 130 Å². The number of anilines is 4. The fourth-order valence-electron chi connectivity index (χ4n) is 6.80. The van der Waals surface area contributed by atoms with Crippen molar-refractivity contribution in [1.82, 2.24) is 20.2 Å². The molecule has 1 aromatic heterocycles. The van der Waals surface area contributed by atoms with Gasteiger partial charge in [0.05, 0.1) is 13.7 Å². The molecule has 1 aliphatic rings. The maximum Gasteiger partial charge on any atom is 0.222 e. The van der Waals surface area contributed by atoms with Crippen LogP contribution in [-0.2, 0) is 16.1 Å². The average Bonchev–Trinajstić information content (AvgIpc) is 3.25. The number of nitrogen functional groups attached to an aromatic ring is 2. The highest BCUT2D eigenvalue weighted by molar-refractivity contribution is 5.89. The molecular weight excluding hydrogens is 739 g/mol. The number of ether oxygens (including phenoxy) is 1. The molecule has 0 saturated carbocycles. The van der Waals surface area contributed by atoms with E-state index >= 15 is 0 Å². The number of hydrogen-bond acceptors (Lipinski definition) is 11. The molecule has 0 bridgehead atoms. The van der Waals surface area contributed by atoms with Crippen molar-refractivity contribution in [3.8, 4) is 5.75 Å². The Balaban J connectivity index is 0.000000576. The third-order valence-electron chi connectivity index (χ3n) is 10.5. The van der Waals surface area contributed by atoms with Crippen molar-refractivity contribution in [2.45, 2.75) is 169 Å². The number of nitrogens with one attached hydrogen (secondary N) is 2. The van der Waals surface area contributed by atoms with Gasteiger partial charge in [0, 0.05) is 75.6 Å². The van der Waals surface area contributed by atoms with Crippen LogP contribution in [-0.4, -0.2) is 86.7 Å². The molecule has 336 valence electrons. The summed E-state index contributed by atoms with van der Waals surface area (Å²) < 4.78 is 5.63. The smallest absolute Gasteiger partial charge is 0.222 e. The van der Waals surface area contributed by atoms with E-state index < -0.39 is 0 Å². The number of aromatic nitrogens is 2. The molecule has 3 rings (SSSR count). The summed E-state index contributed by atoms with van der Waals surface area (Å²) in [7, 11) is 3.84. The first-order valence-corrected chi connectivity index (χ1v) is 23.3. The highest BCUT2D eigenvalue weighted by atomic mass is 16.5. The van der Waals surface area contributed by atoms with Crippen LogP contribution in [0.4, 0.5) is 23.1 Å². The van der Waals surface area contributed by atoms with Crippen molar-refractivity contribution < 1.29 is 14.3 Å². The first-order valence-electron chi connectivity index (χ1n) is 23.3. The summed E-state index contributed by atoms with van der Waals surface area (Å²) in [6, 6.07) is 6.29. The molecule has 2 aromatic rings. The average molecular weight is 824 g/mol. The number of methoxy groups -OCH3 is 1. The molecule has 1 aromatic carbocycles. The Hall–Kier alpha value is -3.93. The molecule has 0 aliphatic carbocycles. The van der Waals surface area contributed by atoms with Crippen LogP contribution in [0, 0.1) is 0 Å². The first-order chi connectivity index (χ1) is 28.8. The zero-order valence-corrected chi connectivity index (χ0v) is 38.3. The maximum absolute atomic E-state index is 11.6. The molecule has 0 atom stereocenters. The van der Waals surface area contributed by atoms with E-state index in [0.29, 0.717) is 43.1 Å². The van der Waals surface area contributed by atoms with E-state index in [-0.39, 0.29) is 11.9 Å². The molecule has 12 nitrogen and oxygen atoms in total. The Bertz CT molecular complexity index is 1380. The minimum Gasteiger partial charge on any atom is -0.496 e. The summed E-state index contributed by atoms with van der Waals surface area (Å²) in [5, 5.41) is 6.15. The first kappa shape index (κ1) is 53.1. The lowest BCUT2D eigenvalue weighted by atomic mass is 10.0. The fourth-order valence-corrected chi connectivity index (χ4v) is 6.80. The molecule has 2 heterocycles. The number of carbonyl (C=O) groups excluding carboxylic acids is 2. The van der Waals surface area contributed by atoms with Crippen LogP contribution >= 0.6 is 0 Å². The van der Waals surface area contributed by atoms with Crippen LogP contribution in [0.15, 0.2) is 23.2 Å². The van der Waals surface area contributed by atoms with E-state index in [1.807, 2.05) is 13.8 Å². The predicted octanol–water partition coefficient (Wildman–Crippen LogP) is 9.99. The standard InChI is InChI=1S/C23H45NO2.C22H34N8O.C2H6/c1-2-3-4-5-6-7-8-9-10-11-12-13-14-15-17-20-23(26)24-21-18-16-19-22-25;1-4-5-8-26-21-20(23)18(27-22(24)28-21)15-25-14-16-6-7-17(13-19(16)31-3)30-11-9-29(2)10-12-30;1-2/h22H,2-21H2,1H3,(H,24,26);6-7,13,15H,4-5,8-12,14,23H2,1-3H3,(H3,24,26,27,28);1-2H3. The maximum atomic E-state index is 11.6. The lowest BCUT2D eigenvalue weighted by Gasteiger charge is -2.34. The van der Waals surface area contributed by atoms with Crippen LogP contribution in [0.3, 0.4) is 0 Å². The minimum atomic E-state index is 0.170. The lowest BCUT2D eigenvalue weighted by molar-refractivity contribution is -0.121. The summed E-state index contributed by atoms with van der Waals surface area (Å²) in [5.74, 6) is 1.72. The largest absolute Gasteiger partial charge is 0.496 e. The molecule has 12 heteroatoms. The van der Waals surface area contributed by atoms with Crippen molar-refractivity contribution in [2.24, 2.45) is 4.99 Å². The Morgan fingerprint density at radius 1 is 0.797 bits per heavy atom. The van der Waals surface area contributed by atoms with E-state index in [1.54, 1.807) is 13.3 Å². The molecule has 1 saturated heterocycles. The fraction of sp³-hybridized carbons (Fsp3) is 0.723. The Morgan fingerprint density at radius 2 is 1.39 bits per heavy atom. The topological polar surface area (TPSA) is 164 Å². The van der Waals surface area contributed by atoms with Gasteiger partial charge in [-0.25, -0.2) is 4.98 Å². The molecule has 1 aliphatic heterocycles. The summed E-state index contributed by atoms with van der Waals surface area (Å²) in [4.78, 5) is 39.5. The zero-order chi connectivity index (χ0) is 43.4. The van der Waals surface area contributed by atoms with Gasteiger partial charge in [0.25, 0.3) is 0 Å². The van der Waals surface area contributed by atoms with Gasteiger partial charge >= 0.3 is 0 Å². The summed E-state index contributed by atoms with van der Waals surface area (Å²) in [6.07, 6.45) is 28.0. The van der Waals surface area contributed by atoms with Gasteiger partial charge in [-0.3, -0.25) is 9.79 Å². The number of hydrogen-bond donors (Lipinski definition) is 4. The number of carbonyl (C=O) groups is 2. The molecule has 59 heavy (non-hydrogen) atoms. The molecule has 1 fully saturated rings. The van der Waals surface area contributed by atoms with Crippen LogP contribution in [0.25, 0.3) is 0 Å². The van der Waals surface area contributed by atoms with Crippen molar-refractivity contribution >= 4 is 41.5 Å². The van der Waals surface area contributed by atoms with Gasteiger partial charge < -0.3 is 41.4 Å². The van der Waals surface area contributed by atoms with Gasteiger partial charge in [-0.15, -0.1) is 0 Å². The molecular formula is C47H85N9O3. The summed E-state index contributed by atoms with van der Waals surface area (Å²) >= 11 is 0. The summed E-state index contributed by atoms with van der Waals surface area (Å²) in [6.45, 7) is 14.5. The number of aliphatic imine (C=N–C) groups is 1. The lowest BCUT2D eigenvalue weighted by Crippen LogP contribution is -2.44. The number of rotatable bonds is 30. The minimum absolute atomic E-state index is 0.170. The third kappa shape index (κ3) is 25.3. The second-order valence-electron chi connectivity index (χ2n) is 15.5. The van der Waals surface area contributed by atoms with Gasteiger partial charge in [0.1, 0.15) is 23.4 Å². The SMILES string of the molecule is CC.CCCCCCCCCCCCCCCCCC(=O)NCCCCC=O.CCCCNc1nc(N)nc(C=NCc2ccc(N3CCN(C)CC3)cc2OC)c1N. The number of piperazine rings is 1. The van der Waals surface area contributed by atoms with E-state index in [0.717, 1.165) is 82.4 Å². The molecule has 6 N–H and O–H groups in total. The Kier molecular flexibility index (Phi) is 32.4. The van der Waals surface area contributed by atoms with Crippen LogP contribution in [0.2, 0.25) is 0 Å². The zero-order valence-electron chi connectivity index (χ0n) is 38.3. The number of unbranched alkanes of at least 4 members (excludes halogenated alkanes) is 17. The molecule has 1 amide bonds. The highest BCUT2D eigenvalue weighted by Gasteiger charge is 2.16. The van der Waals surface area contributed by atoms with Gasteiger partial charge in [0.15, 0.2) is 5.82 Å². The molecule has 0 unspecified atom stereocenters. The van der Waals surface area contributed by atoms with Gasteiger partial charge in [-0.05, 0) is 38.8 Å². The van der Waals surface area contributed by atoms with E-state index in [2.05, 4.69) is 74.5 Å². The van der Waals surface area contributed by atoms with Crippen LogP contribution in [0.5, 0.6) is 5.75 Å². The van der Waals surface area contributed by atoms with Crippen molar-refractivity contribution in [3.63, 3.8) is 0 Å². The monoisotopic (exact) mass is 824 g/mol. The van der Waals surface area contributed by atoms with Gasteiger partial charge in [0.2, 0.25) is 11.9 Å². The Morgan fingerprint density at radius 3 is 1.97 bits per heavy atom.